The lowest BCUT2D eigenvalue weighted by Crippen LogP contribution is -2.12. The van der Waals surface area contributed by atoms with Gasteiger partial charge in [-0.05, 0) is 18.4 Å². The zero-order valence-corrected chi connectivity index (χ0v) is 7.55. The molecule has 0 saturated carbocycles. The van der Waals surface area contributed by atoms with Crippen molar-refractivity contribution in [1.82, 2.24) is 0 Å². The molecule has 0 aromatic carbocycles. The summed E-state index contributed by atoms with van der Waals surface area (Å²) in [6.07, 6.45) is 2.61. The third-order valence-electron chi connectivity index (χ3n) is 2.09. The highest BCUT2D eigenvalue weighted by molar-refractivity contribution is 6.01. The lowest BCUT2D eigenvalue weighted by atomic mass is 10.1. The molecule has 0 aromatic rings. The first-order valence-corrected chi connectivity index (χ1v) is 4.27. The van der Waals surface area contributed by atoms with Crippen LogP contribution in [-0.4, -0.2) is 11.6 Å². The van der Waals surface area contributed by atoms with Crippen LogP contribution in [0.1, 0.15) is 33.1 Å². The average molecular weight is 166 g/mol. The second kappa shape index (κ2) is 3.52. The summed E-state index contributed by atoms with van der Waals surface area (Å²) in [5, 5.41) is 0. The SMILES string of the molecule is CCC1=NC(C(N)=O)=C(CC)C1. The topological polar surface area (TPSA) is 55.4 Å². The number of carbonyl (C=O) groups is 1. The van der Waals surface area contributed by atoms with Gasteiger partial charge < -0.3 is 5.73 Å². The van der Waals surface area contributed by atoms with Gasteiger partial charge in [0.25, 0.3) is 5.91 Å². The summed E-state index contributed by atoms with van der Waals surface area (Å²) < 4.78 is 0. The van der Waals surface area contributed by atoms with E-state index in [4.69, 9.17) is 5.73 Å². The third kappa shape index (κ3) is 1.55. The van der Waals surface area contributed by atoms with Crippen molar-refractivity contribution in [2.45, 2.75) is 33.1 Å². The maximum Gasteiger partial charge on any atom is 0.267 e. The van der Waals surface area contributed by atoms with Gasteiger partial charge in [-0.15, -0.1) is 0 Å². The number of carbonyl (C=O) groups excluding carboxylic acids is 1. The van der Waals surface area contributed by atoms with Crippen molar-refractivity contribution in [3.63, 3.8) is 0 Å². The first-order valence-electron chi connectivity index (χ1n) is 4.27. The Balaban J connectivity index is 2.87. The second-order valence-corrected chi connectivity index (χ2v) is 2.88. The molecule has 66 valence electrons. The van der Waals surface area contributed by atoms with Gasteiger partial charge in [-0.1, -0.05) is 13.8 Å². The predicted molar refractivity (Wildman–Crippen MR) is 48.9 cm³/mol. The smallest absolute Gasteiger partial charge is 0.267 e. The van der Waals surface area contributed by atoms with Gasteiger partial charge in [-0.3, -0.25) is 9.79 Å². The molecular formula is C9H14N2O. The van der Waals surface area contributed by atoms with E-state index >= 15 is 0 Å². The first-order chi connectivity index (χ1) is 5.69. The number of hydrogen-bond acceptors (Lipinski definition) is 2. The summed E-state index contributed by atoms with van der Waals surface area (Å²) in [5.74, 6) is -0.393. The zero-order chi connectivity index (χ0) is 9.14. The van der Waals surface area contributed by atoms with Crippen LogP contribution in [0.15, 0.2) is 16.3 Å². The van der Waals surface area contributed by atoms with Crippen LogP contribution >= 0.6 is 0 Å². The van der Waals surface area contributed by atoms with Crippen LogP contribution in [0.4, 0.5) is 0 Å². The number of hydrogen-bond donors (Lipinski definition) is 1. The Kier molecular flexibility index (Phi) is 2.63. The van der Waals surface area contributed by atoms with Crippen molar-refractivity contribution in [2.75, 3.05) is 0 Å². The minimum Gasteiger partial charge on any atom is -0.364 e. The molecule has 0 unspecified atom stereocenters. The van der Waals surface area contributed by atoms with E-state index in [9.17, 15) is 4.79 Å². The molecule has 3 heteroatoms. The molecule has 0 aromatic heterocycles. The molecule has 3 nitrogen and oxygen atoms in total. The fourth-order valence-corrected chi connectivity index (χ4v) is 1.33. The van der Waals surface area contributed by atoms with E-state index in [0.29, 0.717) is 5.70 Å². The molecule has 0 bridgehead atoms. The lowest BCUT2D eigenvalue weighted by molar-refractivity contribution is -0.114. The third-order valence-corrected chi connectivity index (χ3v) is 2.09. The molecule has 12 heavy (non-hydrogen) atoms. The highest BCUT2D eigenvalue weighted by atomic mass is 16.1. The second-order valence-electron chi connectivity index (χ2n) is 2.88. The maximum atomic E-state index is 10.9. The van der Waals surface area contributed by atoms with E-state index in [1.54, 1.807) is 0 Å². The standard InChI is InChI=1S/C9H14N2O/c1-3-6-5-7(4-2)11-8(6)9(10)12/h3-5H2,1-2H3,(H2,10,12). The number of amides is 1. The molecule has 0 radical (unpaired) electrons. The van der Waals surface area contributed by atoms with E-state index in [2.05, 4.69) is 4.99 Å². The van der Waals surface area contributed by atoms with Crippen molar-refractivity contribution in [3.05, 3.63) is 11.3 Å². The van der Waals surface area contributed by atoms with Gasteiger partial charge in [0.2, 0.25) is 0 Å². The van der Waals surface area contributed by atoms with Gasteiger partial charge >= 0.3 is 0 Å². The van der Waals surface area contributed by atoms with Crippen molar-refractivity contribution >= 4 is 11.6 Å². The highest BCUT2D eigenvalue weighted by Gasteiger charge is 2.18. The molecule has 0 spiro atoms. The molecule has 0 aliphatic carbocycles. The number of rotatable bonds is 3. The van der Waals surface area contributed by atoms with Gasteiger partial charge in [0, 0.05) is 12.1 Å². The van der Waals surface area contributed by atoms with Crippen LogP contribution in [0.2, 0.25) is 0 Å². The summed E-state index contributed by atoms with van der Waals surface area (Å²) in [7, 11) is 0. The van der Waals surface area contributed by atoms with Gasteiger partial charge in [0.15, 0.2) is 0 Å². The normalized spacial score (nSPS) is 16.7. The van der Waals surface area contributed by atoms with E-state index in [-0.39, 0.29) is 0 Å². The van der Waals surface area contributed by atoms with E-state index in [1.807, 2.05) is 13.8 Å². The molecule has 1 aliphatic heterocycles. The molecule has 1 aliphatic rings. The van der Waals surface area contributed by atoms with E-state index in [0.717, 1.165) is 30.5 Å². The van der Waals surface area contributed by atoms with Crippen molar-refractivity contribution < 1.29 is 4.79 Å². The van der Waals surface area contributed by atoms with Crippen LogP contribution in [-0.2, 0) is 4.79 Å². The predicted octanol–water partition coefficient (Wildman–Crippen LogP) is 1.39. The molecule has 1 heterocycles. The Morgan fingerprint density at radius 2 is 2.17 bits per heavy atom. The molecule has 0 fully saturated rings. The Morgan fingerprint density at radius 1 is 1.50 bits per heavy atom. The molecule has 1 rings (SSSR count). The van der Waals surface area contributed by atoms with Gasteiger partial charge in [0.05, 0.1) is 0 Å². The van der Waals surface area contributed by atoms with E-state index in [1.165, 1.54) is 0 Å². The van der Waals surface area contributed by atoms with Crippen LogP contribution in [0, 0.1) is 0 Å². The van der Waals surface area contributed by atoms with Crippen molar-refractivity contribution in [1.29, 1.82) is 0 Å². The number of primary amides is 1. The van der Waals surface area contributed by atoms with Crippen LogP contribution in [0.3, 0.4) is 0 Å². The maximum absolute atomic E-state index is 10.9. The molecular weight excluding hydrogens is 152 g/mol. The fourth-order valence-electron chi connectivity index (χ4n) is 1.33. The minimum atomic E-state index is -0.393. The number of allylic oxidation sites excluding steroid dienone is 1. The summed E-state index contributed by atoms with van der Waals surface area (Å²) in [6.45, 7) is 4.06. The van der Waals surface area contributed by atoms with Gasteiger partial charge in [0.1, 0.15) is 5.70 Å². The Bertz CT molecular complexity index is 264. The number of nitrogens with two attached hydrogens (primary N) is 1. The summed E-state index contributed by atoms with van der Waals surface area (Å²) in [6, 6.07) is 0. The lowest BCUT2D eigenvalue weighted by Gasteiger charge is -1.97. The van der Waals surface area contributed by atoms with Crippen LogP contribution in [0.25, 0.3) is 0 Å². The Hall–Kier alpha value is -1.12. The molecule has 0 atom stereocenters. The Morgan fingerprint density at radius 3 is 2.50 bits per heavy atom. The minimum absolute atomic E-state index is 0.393. The van der Waals surface area contributed by atoms with Crippen molar-refractivity contribution in [3.8, 4) is 0 Å². The Labute approximate surface area is 72.4 Å². The average Bonchev–Trinajstić information content (AvgIpc) is 2.47. The van der Waals surface area contributed by atoms with Crippen molar-refractivity contribution in [2.24, 2.45) is 10.7 Å². The molecule has 0 saturated heterocycles. The van der Waals surface area contributed by atoms with Gasteiger partial charge in [-0.2, -0.15) is 0 Å². The first kappa shape index (κ1) is 8.97. The molecule has 2 N–H and O–H groups in total. The highest BCUT2D eigenvalue weighted by Crippen LogP contribution is 2.23. The number of nitrogens with zero attached hydrogens (tertiary/aromatic N) is 1. The fraction of sp³-hybridized carbons (Fsp3) is 0.556. The molecule has 1 amide bonds. The number of aliphatic imine (C=N–C) groups is 1. The van der Waals surface area contributed by atoms with Crippen LogP contribution < -0.4 is 5.73 Å². The largest absolute Gasteiger partial charge is 0.364 e. The summed E-state index contributed by atoms with van der Waals surface area (Å²) >= 11 is 0. The van der Waals surface area contributed by atoms with Crippen LogP contribution in [0.5, 0.6) is 0 Å². The monoisotopic (exact) mass is 166 g/mol. The van der Waals surface area contributed by atoms with Gasteiger partial charge in [-0.25, -0.2) is 0 Å². The quantitative estimate of drug-likeness (QED) is 0.676. The summed E-state index contributed by atoms with van der Waals surface area (Å²) in [5.41, 5.74) is 7.82. The van der Waals surface area contributed by atoms with E-state index < -0.39 is 5.91 Å². The zero-order valence-electron chi connectivity index (χ0n) is 7.55. The summed E-state index contributed by atoms with van der Waals surface area (Å²) in [4.78, 5) is 15.1.